The van der Waals surface area contributed by atoms with Crippen LogP contribution in [0, 0.1) is 17.1 Å². The number of anilines is 1. The Hall–Kier alpha value is -1.74. The van der Waals surface area contributed by atoms with Crippen LogP contribution in [0.1, 0.15) is 32.3 Å². The van der Waals surface area contributed by atoms with E-state index in [9.17, 15) is 9.18 Å². The Morgan fingerprint density at radius 2 is 2.24 bits per heavy atom. The highest BCUT2D eigenvalue weighted by atomic mass is 32.1. The third kappa shape index (κ3) is 2.98. The summed E-state index contributed by atoms with van der Waals surface area (Å²) in [7, 11) is 0. The van der Waals surface area contributed by atoms with Crippen molar-refractivity contribution in [1.82, 2.24) is 5.32 Å². The van der Waals surface area contributed by atoms with E-state index in [1.807, 2.05) is 6.07 Å². The van der Waals surface area contributed by atoms with Crippen LogP contribution in [0.2, 0.25) is 0 Å². The van der Waals surface area contributed by atoms with Gasteiger partial charge in [0, 0.05) is 12.1 Å². The number of carbonyl (C=O) groups excluding carboxylic acids is 1. The summed E-state index contributed by atoms with van der Waals surface area (Å²) in [4.78, 5) is 13.6. The van der Waals surface area contributed by atoms with Crippen molar-refractivity contribution < 1.29 is 9.18 Å². The molecule has 1 atom stereocenters. The van der Waals surface area contributed by atoms with Gasteiger partial charge >= 0.3 is 0 Å². The highest BCUT2D eigenvalue weighted by molar-refractivity contribution is 7.81. The molecular formula is C15H18FN3OS. The van der Waals surface area contributed by atoms with Crippen LogP contribution in [0.5, 0.6) is 0 Å². The number of rotatable bonds is 4. The minimum absolute atomic E-state index is 0.138. The van der Waals surface area contributed by atoms with Crippen molar-refractivity contribution in [1.29, 1.82) is 5.26 Å². The monoisotopic (exact) mass is 307 g/mol. The molecule has 6 heteroatoms. The lowest BCUT2D eigenvalue weighted by Crippen LogP contribution is -2.45. The van der Waals surface area contributed by atoms with Gasteiger partial charge in [0.15, 0.2) is 0 Å². The van der Waals surface area contributed by atoms with Gasteiger partial charge in [-0.3, -0.25) is 4.79 Å². The van der Waals surface area contributed by atoms with E-state index in [1.165, 1.54) is 6.07 Å². The van der Waals surface area contributed by atoms with Crippen LogP contribution in [-0.2, 0) is 11.2 Å². The summed E-state index contributed by atoms with van der Waals surface area (Å²) in [6, 6.07) is 6.97. The molecule has 2 rings (SSSR count). The molecule has 1 saturated heterocycles. The predicted octanol–water partition coefficient (Wildman–Crippen LogP) is 2.60. The number of unbranched alkanes of at least 4 members (excludes halogenated alkanes) is 1. The maximum Gasteiger partial charge on any atom is 0.247 e. The van der Waals surface area contributed by atoms with Gasteiger partial charge in [-0.15, -0.1) is 12.6 Å². The lowest BCUT2D eigenvalue weighted by atomic mass is 10.0. The molecule has 1 aliphatic rings. The SMILES string of the molecule is CC1(C)C(=O)NC(S)N1c1ccc(CCCC#N)c(F)c1. The van der Waals surface area contributed by atoms with Gasteiger partial charge in [-0.05, 0) is 44.4 Å². The highest BCUT2D eigenvalue weighted by Gasteiger charge is 2.45. The maximum absolute atomic E-state index is 14.2. The first-order valence-corrected chi connectivity index (χ1v) is 7.33. The summed E-state index contributed by atoms with van der Waals surface area (Å²) in [6.07, 6.45) is 1.58. The molecule has 1 aromatic rings. The fourth-order valence-electron chi connectivity index (χ4n) is 2.48. The molecule has 0 aliphatic carbocycles. The molecule has 1 aromatic carbocycles. The molecule has 1 amide bonds. The topological polar surface area (TPSA) is 56.1 Å². The molecule has 0 spiro atoms. The van der Waals surface area contributed by atoms with E-state index in [4.69, 9.17) is 5.26 Å². The van der Waals surface area contributed by atoms with Gasteiger partial charge in [-0.25, -0.2) is 4.39 Å². The quantitative estimate of drug-likeness (QED) is 0.664. The summed E-state index contributed by atoms with van der Waals surface area (Å²) in [5.74, 6) is -0.456. The average molecular weight is 307 g/mol. The van der Waals surface area contributed by atoms with Crippen molar-refractivity contribution in [3.8, 4) is 6.07 Å². The lowest BCUT2D eigenvalue weighted by Gasteiger charge is -2.33. The van der Waals surface area contributed by atoms with Crippen molar-refractivity contribution in [3.05, 3.63) is 29.6 Å². The molecular weight excluding hydrogens is 289 g/mol. The molecule has 0 radical (unpaired) electrons. The average Bonchev–Trinajstić information content (AvgIpc) is 2.60. The standard InChI is InChI=1S/C15H18FN3OS/c1-15(2)13(20)18-14(21)19(15)11-7-6-10(12(16)9-11)5-3-4-8-17/h6-7,9,14,21H,3-5H2,1-2H3,(H,18,20). The fourth-order valence-corrected chi connectivity index (χ4v) is 3.02. The van der Waals surface area contributed by atoms with Gasteiger partial charge in [-0.2, -0.15) is 5.26 Å². The number of amides is 1. The van der Waals surface area contributed by atoms with Crippen LogP contribution in [0.25, 0.3) is 0 Å². The molecule has 0 saturated carbocycles. The number of nitrogens with one attached hydrogen (secondary N) is 1. The first kappa shape index (κ1) is 15.6. The molecule has 1 heterocycles. The van der Waals surface area contributed by atoms with Gasteiger partial charge in [0.25, 0.3) is 0 Å². The normalized spacial score (nSPS) is 20.2. The Balaban J connectivity index is 2.24. The van der Waals surface area contributed by atoms with Gasteiger partial charge in [0.1, 0.15) is 16.9 Å². The lowest BCUT2D eigenvalue weighted by molar-refractivity contribution is -0.122. The zero-order chi connectivity index (χ0) is 15.6. The first-order valence-electron chi connectivity index (χ1n) is 6.81. The van der Waals surface area contributed by atoms with E-state index in [0.29, 0.717) is 30.5 Å². The van der Waals surface area contributed by atoms with Crippen LogP contribution in [-0.4, -0.2) is 16.9 Å². The van der Waals surface area contributed by atoms with Crippen molar-refractivity contribution in [2.45, 2.75) is 44.1 Å². The van der Waals surface area contributed by atoms with Crippen LogP contribution in [0.15, 0.2) is 18.2 Å². The van der Waals surface area contributed by atoms with Gasteiger partial charge in [0.2, 0.25) is 5.91 Å². The highest BCUT2D eigenvalue weighted by Crippen LogP contribution is 2.33. The summed E-state index contributed by atoms with van der Waals surface area (Å²) in [5, 5.41) is 11.2. The van der Waals surface area contributed by atoms with E-state index in [1.54, 1.807) is 30.9 Å². The number of hydrogen-bond donors (Lipinski definition) is 2. The van der Waals surface area contributed by atoms with Gasteiger partial charge in [-0.1, -0.05) is 6.07 Å². The summed E-state index contributed by atoms with van der Waals surface area (Å²) < 4.78 is 14.2. The molecule has 1 unspecified atom stereocenters. The number of thiol groups is 1. The van der Waals surface area contributed by atoms with Crippen LogP contribution in [0.3, 0.4) is 0 Å². The number of nitrogens with zero attached hydrogens (tertiary/aromatic N) is 2. The zero-order valence-electron chi connectivity index (χ0n) is 12.1. The molecule has 1 aliphatic heterocycles. The Morgan fingerprint density at radius 3 is 2.76 bits per heavy atom. The van der Waals surface area contributed by atoms with Crippen molar-refractivity contribution >= 4 is 24.2 Å². The van der Waals surface area contributed by atoms with Gasteiger partial charge < -0.3 is 10.2 Å². The minimum atomic E-state index is -0.777. The number of carbonyl (C=O) groups is 1. The third-order valence-electron chi connectivity index (χ3n) is 3.71. The molecule has 4 nitrogen and oxygen atoms in total. The Bertz CT molecular complexity index is 597. The van der Waals surface area contributed by atoms with Crippen molar-refractivity contribution in [2.24, 2.45) is 0 Å². The number of nitriles is 1. The Labute approximate surface area is 129 Å². The third-order valence-corrected chi connectivity index (χ3v) is 4.07. The van der Waals surface area contributed by atoms with E-state index < -0.39 is 11.0 Å². The second-order valence-electron chi connectivity index (χ2n) is 5.56. The van der Waals surface area contributed by atoms with E-state index in [2.05, 4.69) is 17.9 Å². The van der Waals surface area contributed by atoms with Crippen molar-refractivity contribution in [2.75, 3.05) is 4.90 Å². The Kier molecular flexibility index (Phi) is 4.43. The molecule has 112 valence electrons. The van der Waals surface area contributed by atoms with Crippen LogP contribution in [0.4, 0.5) is 10.1 Å². The molecule has 1 fully saturated rings. The number of aryl methyl sites for hydroxylation is 1. The largest absolute Gasteiger partial charge is 0.328 e. The fraction of sp³-hybridized carbons (Fsp3) is 0.467. The summed E-state index contributed by atoms with van der Waals surface area (Å²) in [6.45, 7) is 3.55. The van der Waals surface area contributed by atoms with Gasteiger partial charge in [0.05, 0.1) is 6.07 Å². The maximum atomic E-state index is 14.2. The van der Waals surface area contributed by atoms with E-state index in [0.717, 1.165) is 0 Å². The van der Waals surface area contributed by atoms with E-state index >= 15 is 0 Å². The Morgan fingerprint density at radius 1 is 1.52 bits per heavy atom. The second-order valence-corrected chi connectivity index (χ2v) is 6.05. The minimum Gasteiger partial charge on any atom is -0.328 e. The second kappa shape index (κ2) is 5.94. The smallest absolute Gasteiger partial charge is 0.247 e. The number of hydrogen-bond acceptors (Lipinski definition) is 4. The predicted molar refractivity (Wildman–Crippen MR) is 82.4 cm³/mol. The number of benzene rings is 1. The molecule has 0 aromatic heterocycles. The summed E-state index contributed by atoms with van der Waals surface area (Å²) in [5.41, 5.74) is -0.0570. The summed E-state index contributed by atoms with van der Waals surface area (Å²) >= 11 is 4.34. The molecule has 0 bridgehead atoms. The van der Waals surface area contributed by atoms with Crippen molar-refractivity contribution in [3.63, 3.8) is 0 Å². The molecule has 21 heavy (non-hydrogen) atoms. The molecule has 1 N–H and O–H groups in total. The number of halogens is 1. The first-order chi connectivity index (χ1) is 9.87. The zero-order valence-corrected chi connectivity index (χ0v) is 13.0. The van der Waals surface area contributed by atoms with Crippen LogP contribution < -0.4 is 10.2 Å². The van der Waals surface area contributed by atoms with Crippen LogP contribution >= 0.6 is 12.6 Å². The van der Waals surface area contributed by atoms with E-state index in [-0.39, 0.29) is 11.7 Å².